The summed E-state index contributed by atoms with van der Waals surface area (Å²) < 4.78 is 10.5. The molecule has 0 unspecified atom stereocenters. The molecule has 5 heteroatoms. The van der Waals surface area contributed by atoms with Crippen molar-refractivity contribution in [2.75, 3.05) is 0 Å². The van der Waals surface area contributed by atoms with Crippen LogP contribution in [0.5, 0.6) is 0 Å². The maximum absolute atomic E-state index is 13.0. The Morgan fingerprint density at radius 1 is 0.767 bits per heavy atom. The van der Waals surface area contributed by atoms with Gasteiger partial charge in [0, 0.05) is 71.2 Å². The zero-order valence-corrected chi connectivity index (χ0v) is 16.7. The molecule has 0 spiro atoms. The summed E-state index contributed by atoms with van der Waals surface area (Å²) in [6.45, 7) is 0. The quantitative estimate of drug-likeness (QED) is 0.414. The highest BCUT2D eigenvalue weighted by Gasteiger charge is 2.52. The van der Waals surface area contributed by atoms with Gasteiger partial charge >= 0.3 is 5.97 Å². The fourth-order valence-corrected chi connectivity index (χ4v) is 4.88. The van der Waals surface area contributed by atoms with Gasteiger partial charge < -0.3 is 13.9 Å². The van der Waals surface area contributed by atoms with Crippen LogP contribution in [0.4, 0.5) is 0 Å². The second-order valence-electron chi connectivity index (χ2n) is 7.81. The molecule has 0 amide bonds. The number of fused-ring (bicyclic) bond motifs is 3. The summed E-state index contributed by atoms with van der Waals surface area (Å²) in [7, 11) is 4.03. The fraction of sp³-hybridized carbons (Fsp3) is 0.120. The van der Waals surface area contributed by atoms with Gasteiger partial charge in [0.15, 0.2) is 11.3 Å². The number of cyclic esters (lactones) is 1. The van der Waals surface area contributed by atoms with Gasteiger partial charge in [0.05, 0.1) is 0 Å². The number of nitrogens with zero attached hydrogens (tertiary/aromatic N) is 3. The van der Waals surface area contributed by atoms with E-state index >= 15 is 0 Å². The van der Waals surface area contributed by atoms with Crippen molar-refractivity contribution in [2.24, 2.45) is 14.1 Å². The minimum absolute atomic E-state index is 0.373. The summed E-state index contributed by atoms with van der Waals surface area (Å²) in [5.41, 5.74) is 4.14. The molecule has 146 valence electrons. The van der Waals surface area contributed by atoms with Gasteiger partial charge in [-0.15, -0.1) is 0 Å². The summed E-state index contributed by atoms with van der Waals surface area (Å²) in [4.78, 5) is 17.4. The van der Waals surface area contributed by atoms with Crippen LogP contribution < -0.4 is 0 Å². The zero-order chi connectivity index (χ0) is 20.5. The first-order valence-electron chi connectivity index (χ1n) is 9.89. The molecule has 0 N–H and O–H groups in total. The van der Waals surface area contributed by atoms with Gasteiger partial charge in [0.25, 0.3) is 0 Å². The Balaban J connectivity index is 1.81. The SMILES string of the molecule is Cn1cc(C2(c3cn(C)c4ccccc34)OC(=O)c3ncccc32)c2ccccc21. The number of carbonyl (C=O) groups excluding carboxylic acids is 1. The first kappa shape index (κ1) is 17.0. The number of rotatable bonds is 2. The molecule has 3 aromatic heterocycles. The zero-order valence-electron chi connectivity index (χ0n) is 16.7. The molecule has 1 aliphatic heterocycles. The van der Waals surface area contributed by atoms with E-state index in [-0.39, 0.29) is 0 Å². The maximum atomic E-state index is 13.0. The molecule has 6 rings (SSSR count). The Morgan fingerprint density at radius 2 is 1.33 bits per heavy atom. The van der Waals surface area contributed by atoms with E-state index in [1.807, 2.05) is 50.5 Å². The number of benzene rings is 2. The Kier molecular flexibility index (Phi) is 3.31. The van der Waals surface area contributed by atoms with E-state index in [2.05, 4.69) is 50.8 Å². The standard InChI is InChI=1S/C25H19N3O2/c1-27-14-19(16-8-3-5-11-21(16)27)25(18-10-7-13-26-23(18)24(29)30-25)20-15-28(2)22-12-6-4-9-17(20)22/h3-15H,1-2H3. The molecule has 0 radical (unpaired) electrons. The predicted octanol–water partition coefficient (Wildman–Crippen LogP) is 4.53. The number of esters is 1. The molecule has 1 aliphatic rings. The molecular formula is C25H19N3O2. The number of ether oxygens (including phenoxy) is 1. The van der Waals surface area contributed by atoms with Crippen molar-refractivity contribution < 1.29 is 9.53 Å². The van der Waals surface area contributed by atoms with E-state index in [0.29, 0.717) is 5.69 Å². The average molecular weight is 393 g/mol. The second-order valence-corrected chi connectivity index (χ2v) is 7.81. The van der Waals surface area contributed by atoms with Crippen LogP contribution in [0.1, 0.15) is 27.2 Å². The molecule has 0 fully saturated rings. The van der Waals surface area contributed by atoms with Crippen molar-refractivity contribution in [3.63, 3.8) is 0 Å². The predicted molar refractivity (Wildman–Crippen MR) is 115 cm³/mol. The van der Waals surface area contributed by atoms with Crippen LogP contribution in [-0.4, -0.2) is 20.1 Å². The fourth-order valence-electron chi connectivity index (χ4n) is 4.88. The molecule has 0 aliphatic carbocycles. The van der Waals surface area contributed by atoms with E-state index in [4.69, 9.17) is 4.74 Å². The molecule has 4 heterocycles. The Hall–Kier alpha value is -3.86. The first-order chi connectivity index (χ1) is 14.6. The van der Waals surface area contributed by atoms with Crippen molar-refractivity contribution in [3.8, 4) is 0 Å². The van der Waals surface area contributed by atoms with Gasteiger partial charge in [-0.1, -0.05) is 42.5 Å². The number of aryl methyl sites for hydroxylation is 2. The minimum Gasteiger partial charge on any atom is -0.439 e. The highest BCUT2D eigenvalue weighted by atomic mass is 16.6. The number of aromatic nitrogens is 3. The van der Waals surface area contributed by atoms with E-state index in [1.54, 1.807) is 6.20 Å². The van der Waals surface area contributed by atoms with Gasteiger partial charge in [0.2, 0.25) is 0 Å². The van der Waals surface area contributed by atoms with Crippen LogP contribution in [0.15, 0.2) is 79.3 Å². The van der Waals surface area contributed by atoms with Gasteiger partial charge in [-0.2, -0.15) is 0 Å². The molecule has 5 aromatic rings. The molecular weight excluding hydrogens is 374 g/mol. The van der Waals surface area contributed by atoms with E-state index in [1.165, 1.54) is 0 Å². The van der Waals surface area contributed by atoms with Gasteiger partial charge in [-0.05, 0) is 18.2 Å². The third-order valence-electron chi connectivity index (χ3n) is 6.18. The van der Waals surface area contributed by atoms with Crippen molar-refractivity contribution >= 4 is 27.8 Å². The third-order valence-corrected chi connectivity index (χ3v) is 6.18. The van der Waals surface area contributed by atoms with Gasteiger partial charge in [0.1, 0.15) is 0 Å². The Morgan fingerprint density at radius 3 is 1.93 bits per heavy atom. The topological polar surface area (TPSA) is 49.0 Å². The van der Waals surface area contributed by atoms with Crippen LogP contribution in [0, 0.1) is 0 Å². The number of para-hydroxylation sites is 2. The maximum Gasteiger partial charge on any atom is 0.358 e. The van der Waals surface area contributed by atoms with Gasteiger partial charge in [-0.25, -0.2) is 9.78 Å². The van der Waals surface area contributed by atoms with Crippen molar-refractivity contribution in [1.29, 1.82) is 0 Å². The average Bonchev–Trinajstić information content (AvgIpc) is 3.40. The Bertz CT molecular complexity index is 1390. The smallest absolute Gasteiger partial charge is 0.358 e. The van der Waals surface area contributed by atoms with E-state index in [0.717, 1.165) is 38.5 Å². The third kappa shape index (κ3) is 2.01. The minimum atomic E-state index is -1.07. The van der Waals surface area contributed by atoms with Crippen LogP contribution in [0.25, 0.3) is 21.8 Å². The summed E-state index contributed by atoms with van der Waals surface area (Å²) in [6.07, 6.45) is 5.78. The highest BCUT2D eigenvalue weighted by Crippen LogP contribution is 2.50. The molecule has 30 heavy (non-hydrogen) atoms. The van der Waals surface area contributed by atoms with E-state index in [9.17, 15) is 4.79 Å². The molecule has 2 aromatic carbocycles. The first-order valence-corrected chi connectivity index (χ1v) is 9.89. The van der Waals surface area contributed by atoms with Crippen LogP contribution in [-0.2, 0) is 24.4 Å². The summed E-state index contributed by atoms with van der Waals surface area (Å²) in [5.74, 6) is -0.397. The van der Waals surface area contributed by atoms with E-state index < -0.39 is 11.6 Å². The Labute approximate surface area is 173 Å². The van der Waals surface area contributed by atoms with Crippen LogP contribution in [0.3, 0.4) is 0 Å². The van der Waals surface area contributed by atoms with Gasteiger partial charge in [-0.3, -0.25) is 0 Å². The van der Waals surface area contributed by atoms with Crippen molar-refractivity contribution in [1.82, 2.24) is 14.1 Å². The van der Waals surface area contributed by atoms with Crippen molar-refractivity contribution in [3.05, 3.63) is 102 Å². The lowest BCUT2D eigenvalue weighted by atomic mass is 9.80. The number of pyridine rings is 1. The lowest BCUT2D eigenvalue weighted by Gasteiger charge is -2.28. The number of carbonyl (C=O) groups is 1. The van der Waals surface area contributed by atoms with Crippen molar-refractivity contribution in [2.45, 2.75) is 5.60 Å². The largest absolute Gasteiger partial charge is 0.439 e. The highest BCUT2D eigenvalue weighted by molar-refractivity contribution is 5.99. The summed E-state index contributed by atoms with van der Waals surface area (Å²) >= 11 is 0. The number of hydrogen-bond acceptors (Lipinski definition) is 3. The lowest BCUT2D eigenvalue weighted by Crippen LogP contribution is -2.29. The second kappa shape index (κ2) is 5.83. The lowest BCUT2D eigenvalue weighted by molar-refractivity contribution is 0.0256. The van der Waals surface area contributed by atoms with Crippen LogP contribution in [0.2, 0.25) is 0 Å². The molecule has 0 bridgehead atoms. The summed E-state index contributed by atoms with van der Waals surface area (Å²) in [5, 5.41) is 2.11. The number of hydrogen-bond donors (Lipinski definition) is 0. The molecule has 0 saturated heterocycles. The molecule has 5 nitrogen and oxygen atoms in total. The molecule has 0 saturated carbocycles. The van der Waals surface area contributed by atoms with Crippen LogP contribution >= 0.6 is 0 Å². The molecule has 0 atom stereocenters. The normalized spacial score (nSPS) is 14.9. The summed E-state index contributed by atoms with van der Waals surface area (Å²) in [6, 6.07) is 20.2. The monoisotopic (exact) mass is 393 g/mol.